The monoisotopic (exact) mass is 531 g/mol. The van der Waals surface area contributed by atoms with Gasteiger partial charge in [0, 0.05) is 29.0 Å². The van der Waals surface area contributed by atoms with E-state index < -0.39 is 10.0 Å². The zero-order chi connectivity index (χ0) is 26.3. The van der Waals surface area contributed by atoms with Crippen LogP contribution in [0.2, 0.25) is 0 Å². The van der Waals surface area contributed by atoms with Gasteiger partial charge in [-0.25, -0.2) is 8.42 Å². The molecule has 1 saturated heterocycles. The Bertz CT molecular complexity index is 1570. The van der Waals surface area contributed by atoms with Crippen molar-refractivity contribution < 1.29 is 8.42 Å². The zero-order valence-corrected chi connectivity index (χ0v) is 22.8. The average Bonchev–Trinajstić information content (AvgIpc) is 3.35. The van der Waals surface area contributed by atoms with Gasteiger partial charge in [-0.2, -0.15) is 0 Å². The van der Waals surface area contributed by atoms with Gasteiger partial charge in [0.2, 0.25) is 10.0 Å². The van der Waals surface area contributed by atoms with Crippen molar-refractivity contribution in [1.82, 2.24) is 14.9 Å². The maximum Gasteiger partial charge on any atom is 0.229 e. The predicted molar refractivity (Wildman–Crippen MR) is 153 cm³/mol. The molecule has 4 aromatic rings. The van der Waals surface area contributed by atoms with Crippen molar-refractivity contribution in [3.63, 3.8) is 0 Å². The van der Waals surface area contributed by atoms with Gasteiger partial charge < -0.3 is 14.8 Å². The van der Waals surface area contributed by atoms with E-state index in [2.05, 4.69) is 56.5 Å². The number of benzene rings is 2. The Morgan fingerprint density at radius 1 is 0.946 bits per heavy atom. The van der Waals surface area contributed by atoms with Crippen molar-refractivity contribution in [2.75, 3.05) is 15.9 Å². The van der Waals surface area contributed by atoms with Crippen LogP contribution in [0.4, 0.5) is 11.4 Å². The zero-order valence-electron chi connectivity index (χ0n) is 21.1. The molecule has 1 fully saturated rings. The number of sulfonamides is 1. The predicted octanol–water partition coefficient (Wildman–Crippen LogP) is 5.35. The summed E-state index contributed by atoms with van der Waals surface area (Å²) in [5.41, 5.74) is 7.62. The molecule has 0 radical (unpaired) electrons. The molecule has 3 heterocycles. The van der Waals surface area contributed by atoms with Crippen molar-refractivity contribution in [1.29, 1.82) is 0 Å². The number of para-hydroxylation sites is 1. The second kappa shape index (κ2) is 9.64. The Hall–Kier alpha value is -3.69. The minimum atomic E-state index is -3.39. The first-order valence-corrected chi connectivity index (χ1v) is 14.3. The van der Waals surface area contributed by atoms with Gasteiger partial charge in [-0.1, -0.05) is 24.3 Å². The van der Waals surface area contributed by atoms with Crippen LogP contribution in [-0.2, 0) is 10.0 Å². The quantitative estimate of drug-likeness (QED) is 0.327. The molecule has 0 amide bonds. The summed E-state index contributed by atoms with van der Waals surface area (Å²) in [5, 5.41) is 4.10. The number of aryl methyl sites for hydroxylation is 2. The van der Waals surface area contributed by atoms with Crippen molar-refractivity contribution in [3.05, 3.63) is 107 Å². The van der Waals surface area contributed by atoms with Gasteiger partial charge in [-0.15, -0.1) is 0 Å². The minimum absolute atomic E-state index is 0.167. The molecule has 2 atom stereocenters. The third-order valence-electron chi connectivity index (χ3n) is 6.68. The fraction of sp³-hybridized carbons (Fsp3) is 0.214. The topological polar surface area (TPSA) is 79.3 Å². The van der Waals surface area contributed by atoms with Gasteiger partial charge in [0.25, 0.3) is 0 Å². The van der Waals surface area contributed by atoms with E-state index in [-0.39, 0.29) is 12.1 Å². The van der Waals surface area contributed by atoms with Crippen LogP contribution in [0.1, 0.15) is 40.3 Å². The Morgan fingerprint density at radius 2 is 1.68 bits per heavy atom. The molecule has 2 aromatic carbocycles. The molecule has 37 heavy (non-hydrogen) atoms. The van der Waals surface area contributed by atoms with Gasteiger partial charge >= 0.3 is 0 Å². The molecule has 1 aliphatic rings. The van der Waals surface area contributed by atoms with E-state index in [1.54, 1.807) is 12.3 Å². The number of aromatic nitrogens is 2. The smallest absolute Gasteiger partial charge is 0.229 e. The molecule has 190 valence electrons. The first-order valence-electron chi connectivity index (χ1n) is 12.0. The van der Waals surface area contributed by atoms with E-state index in [1.165, 1.54) is 0 Å². The number of anilines is 2. The summed E-state index contributed by atoms with van der Waals surface area (Å²) in [7, 11) is -3.39. The standard InChI is InChI=1S/C28H29N5O2S2/c1-18-16-22(13-14-24(18)31-37(4,34)35)33-27(26(30-28(33)36)25-12-8-9-15-29-25)23-17-19(2)32(20(23)3)21-10-6-5-7-11-21/h5-17,26-27,31H,1-4H3,(H,30,36)/t26-,27-/m0/s1. The van der Waals surface area contributed by atoms with Crippen LogP contribution in [0.25, 0.3) is 5.69 Å². The van der Waals surface area contributed by atoms with Crippen molar-refractivity contribution in [2.45, 2.75) is 32.9 Å². The highest BCUT2D eigenvalue weighted by molar-refractivity contribution is 7.92. The summed E-state index contributed by atoms with van der Waals surface area (Å²) < 4.78 is 28.5. The highest BCUT2D eigenvalue weighted by atomic mass is 32.2. The number of nitrogens with one attached hydrogen (secondary N) is 2. The highest BCUT2D eigenvalue weighted by Gasteiger charge is 2.42. The largest absolute Gasteiger partial charge is 0.351 e. The lowest BCUT2D eigenvalue weighted by molar-refractivity contribution is 0.565. The summed E-state index contributed by atoms with van der Waals surface area (Å²) in [5.74, 6) is 0. The summed E-state index contributed by atoms with van der Waals surface area (Å²) in [6.45, 7) is 6.13. The second-order valence-corrected chi connectivity index (χ2v) is 11.5. The van der Waals surface area contributed by atoms with Crippen LogP contribution >= 0.6 is 12.2 Å². The molecule has 0 aliphatic carbocycles. The number of nitrogens with zero attached hydrogens (tertiary/aromatic N) is 3. The SMILES string of the molecule is Cc1cc(N2C(=S)N[C@@H](c3ccccn3)[C@@H]2c2cc(C)n(-c3ccccc3)c2C)ccc1NS(C)(=O)=O. The van der Waals surface area contributed by atoms with Crippen LogP contribution in [-0.4, -0.2) is 29.3 Å². The van der Waals surface area contributed by atoms with Crippen molar-refractivity contribution in [2.24, 2.45) is 0 Å². The van der Waals surface area contributed by atoms with Crippen LogP contribution in [0, 0.1) is 20.8 Å². The molecule has 0 spiro atoms. The molecular formula is C28H29N5O2S2. The Morgan fingerprint density at radius 3 is 2.32 bits per heavy atom. The molecule has 7 nitrogen and oxygen atoms in total. The summed E-state index contributed by atoms with van der Waals surface area (Å²) in [6.07, 6.45) is 2.94. The van der Waals surface area contributed by atoms with Crippen molar-refractivity contribution in [3.8, 4) is 5.69 Å². The highest BCUT2D eigenvalue weighted by Crippen LogP contribution is 2.44. The molecule has 0 saturated carbocycles. The molecule has 2 aromatic heterocycles. The first kappa shape index (κ1) is 25.0. The molecule has 0 unspecified atom stereocenters. The van der Waals surface area contributed by atoms with Crippen molar-refractivity contribution >= 4 is 38.7 Å². The minimum Gasteiger partial charge on any atom is -0.351 e. The normalized spacial score (nSPS) is 17.6. The Labute approximate surface area is 223 Å². The Balaban J connectivity index is 1.65. The van der Waals surface area contributed by atoms with E-state index >= 15 is 0 Å². The number of rotatable bonds is 6. The lowest BCUT2D eigenvalue weighted by Gasteiger charge is -2.29. The third-order valence-corrected chi connectivity index (χ3v) is 7.59. The van der Waals surface area contributed by atoms with Crippen LogP contribution in [0.5, 0.6) is 0 Å². The van der Waals surface area contributed by atoms with Gasteiger partial charge in [0.05, 0.1) is 29.7 Å². The molecule has 2 N–H and O–H groups in total. The third kappa shape index (κ3) is 4.84. The number of pyridine rings is 1. The summed E-state index contributed by atoms with van der Waals surface area (Å²) in [6, 6.07) is 23.7. The van der Waals surface area contributed by atoms with Crippen LogP contribution in [0.3, 0.4) is 0 Å². The molecule has 1 aliphatic heterocycles. The summed E-state index contributed by atoms with van der Waals surface area (Å²) in [4.78, 5) is 6.77. The first-order chi connectivity index (χ1) is 17.6. The average molecular weight is 532 g/mol. The molecule has 0 bridgehead atoms. The van der Waals surface area contributed by atoms with Crippen LogP contribution < -0.4 is 14.9 Å². The fourth-order valence-electron chi connectivity index (χ4n) is 5.12. The molecular weight excluding hydrogens is 502 g/mol. The fourth-order valence-corrected chi connectivity index (χ4v) is 6.10. The molecule has 9 heteroatoms. The summed E-state index contributed by atoms with van der Waals surface area (Å²) >= 11 is 5.89. The van der Waals surface area contributed by atoms with E-state index in [1.807, 2.05) is 55.5 Å². The van der Waals surface area contributed by atoms with Gasteiger partial charge in [-0.05, 0) is 92.6 Å². The lowest BCUT2D eigenvalue weighted by atomic mass is 9.96. The van der Waals surface area contributed by atoms with E-state index in [0.29, 0.717) is 10.8 Å². The van der Waals surface area contributed by atoms with Gasteiger partial charge in [0.15, 0.2) is 5.11 Å². The van der Waals surface area contributed by atoms with Gasteiger partial charge in [-0.3, -0.25) is 9.71 Å². The maximum atomic E-state index is 11.8. The number of hydrogen-bond donors (Lipinski definition) is 2. The maximum absolute atomic E-state index is 11.8. The van der Waals surface area contributed by atoms with E-state index in [0.717, 1.165) is 45.8 Å². The second-order valence-electron chi connectivity index (χ2n) is 9.37. The molecule has 5 rings (SSSR count). The van der Waals surface area contributed by atoms with E-state index in [4.69, 9.17) is 12.2 Å². The number of thiocarbonyl (C=S) groups is 1. The van der Waals surface area contributed by atoms with Gasteiger partial charge in [0.1, 0.15) is 0 Å². The lowest BCUT2D eigenvalue weighted by Crippen LogP contribution is -2.29. The van der Waals surface area contributed by atoms with E-state index in [9.17, 15) is 8.42 Å². The Kier molecular flexibility index (Phi) is 6.51. The van der Waals surface area contributed by atoms with Crippen LogP contribution in [0.15, 0.2) is 79.0 Å². The number of hydrogen-bond acceptors (Lipinski definition) is 4.